The summed E-state index contributed by atoms with van der Waals surface area (Å²) in [6.07, 6.45) is 4.48. The maximum absolute atomic E-state index is 12.5. The number of aliphatic hydroxyl groups excluding tert-OH is 1. The van der Waals surface area contributed by atoms with Gasteiger partial charge in [0.2, 0.25) is 0 Å². The molecule has 1 unspecified atom stereocenters. The van der Waals surface area contributed by atoms with Gasteiger partial charge in [0.1, 0.15) is 5.82 Å². The summed E-state index contributed by atoms with van der Waals surface area (Å²) >= 11 is 0. The number of hydrogen-bond acceptors (Lipinski definition) is 3. The lowest BCUT2D eigenvalue weighted by Gasteiger charge is -2.09. The van der Waals surface area contributed by atoms with E-state index < -0.39 is 6.55 Å². The van der Waals surface area contributed by atoms with Gasteiger partial charge in [0.15, 0.2) is 0 Å². The van der Waals surface area contributed by atoms with Crippen LogP contribution in [-0.4, -0.2) is 27.8 Å². The summed E-state index contributed by atoms with van der Waals surface area (Å²) in [4.78, 5) is 3.87. The number of nitrogens with one attached hydrogen (secondary N) is 1. The SMILES string of the molecule is CC(CO)CCCNCc1nccn1C(F)F. The zero-order valence-corrected chi connectivity index (χ0v) is 9.94. The molecule has 1 aromatic rings. The Morgan fingerprint density at radius 1 is 1.53 bits per heavy atom. The first-order valence-electron chi connectivity index (χ1n) is 5.76. The summed E-state index contributed by atoms with van der Waals surface area (Å²) in [6, 6.07) is 0. The molecule has 17 heavy (non-hydrogen) atoms. The third-order valence-corrected chi connectivity index (χ3v) is 2.60. The van der Waals surface area contributed by atoms with Crippen molar-refractivity contribution in [2.75, 3.05) is 13.2 Å². The molecule has 0 fully saturated rings. The number of halogens is 2. The van der Waals surface area contributed by atoms with E-state index in [2.05, 4.69) is 10.3 Å². The first-order chi connectivity index (χ1) is 8.15. The van der Waals surface area contributed by atoms with Crippen LogP contribution < -0.4 is 5.32 Å². The third kappa shape index (κ3) is 4.79. The lowest BCUT2D eigenvalue weighted by atomic mass is 10.1. The summed E-state index contributed by atoms with van der Waals surface area (Å²) in [5.41, 5.74) is 0. The minimum absolute atomic E-state index is 0.190. The molecule has 1 heterocycles. The number of aliphatic hydroxyl groups is 1. The van der Waals surface area contributed by atoms with Gasteiger partial charge in [0.05, 0.1) is 6.54 Å². The van der Waals surface area contributed by atoms with Gasteiger partial charge in [0.25, 0.3) is 0 Å². The van der Waals surface area contributed by atoms with Crippen LogP contribution >= 0.6 is 0 Å². The van der Waals surface area contributed by atoms with E-state index in [1.807, 2.05) is 6.92 Å². The van der Waals surface area contributed by atoms with Gasteiger partial charge >= 0.3 is 6.55 Å². The van der Waals surface area contributed by atoms with Crippen molar-refractivity contribution in [2.24, 2.45) is 5.92 Å². The lowest BCUT2D eigenvalue weighted by Crippen LogP contribution is -2.19. The third-order valence-electron chi connectivity index (χ3n) is 2.60. The zero-order chi connectivity index (χ0) is 12.7. The van der Waals surface area contributed by atoms with Crippen LogP contribution in [0.2, 0.25) is 0 Å². The first kappa shape index (κ1) is 14.1. The van der Waals surface area contributed by atoms with Crippen LogP contribution in [0.3, 0.4) is 0 Å². The molecule has 6 heteroatoms. The quantitative estimate of drug-likeness (QED) is 0.688. The normalized spacial score (nSPS) is 13.2. The first-order valence-corrected chi connectivity index (χ1v) is 5.76. The topological polar surface area (TPSA) is 50.1 Å². The summed E-state index contributed by atoms with van der Waals surface area (Å²) in [5.74, 6) is 0.634. The Hall–Kier alpha value is -1.01. The molecule has 0 aliphatic rings. The highest BCUT2D eigenvalue weighted by Gasteiger charge is 2.10. The summed E-state index contributed by atoms with van der Waals surface area (Å²) < 4.78 is 25.8. The van der Waals surface area contributed by atoms with Gasteiger partial charge in [-0.3, -0.25) is 4.57 Å². The van der Waals surface area contributed by atoms with E-state index in [-0.39, 0.29) is 6.61 Å². The van der Waals surface area contributed by atoms with E-state index in [1.54, 1.807) is 0 Å². The van der Waals surface area contributed by atoms with E-state index >= 15 is 0 Å². The maximum Gasteiger partial charge on any atom is 0.319 e. The van der Waals surface area contributed by atoms with Crippen LogP contribution in [0.25, 0.3) is 0 Å². The highest BCUT2D eigenvalue weighted by Crippen LogP contribution is 2.12. The largest absolute Gasteiger partial charge is 0.396 e. The molecule has 1 aromatic heterocycles. The van der Waals surface area contributed by atoms with Crippen molar-refractivity contribution in [3.8, 4) is 0 Å². The molecule has 1 atom stereocenters. The molecular weight excluding hydrogens is 228 g/mol. The van der Waals surface area contributed by atoms with Crippen LogP contribution in [-0.2, 0) is 6.54 Å². The van der Waals surface area contributed by atoms with Crippen molar-refractivity contribution >= 4 is 0 Å². The molecule has 98 valence electrons. The minimum atomic E-state index is -2.54. The molecule has 0 radical (unpaired) electrons. The van der Waals surface area contributed by atoms with E-state index in [0.29, 0.717) is 18.3 Å². The molecule has 0 saturated heterocycles. The summed E-state index contributed by atoms with van der Waals surface area (Å²) in [7, 11) is 0. The molecule has 0 saturated carbocycles. The van der Waals surface area contributed by atoms with Gasteiger partial charge in [-0.2, -0.15) is 8.78 Å². The number of rotatable bonds is 8. The zero-order valence-electron chi connectivity index (χ0n) is 9.94. The molecule has 0 aromatic carbocycles. The van der Waals surface area contributed by atoms with E-state index in [4.69, 9.17) is 5.11 Å². The Labute approximate surface area is 99.7 Å². The Morgan fingerprint density at radius 2 is 2.29 bits per heavy atom. The molecule has 1 rings (SSSR count). The summed E-state index contributed by atoms with van der Waals surface area (Å²) in [6.45, 7) is 0.702. The van der Waals surface area contributed by atoms with Gasteiger partial charge in [-0.25, -0.2) is 4.98 Å². The Balaban J connectivity index is 2.20. The minimum Gasteiger partial charge on any atom is -0.396 e. The molecule has 0 aliphatic carbocycles. The Kier molecular flexibility index (Phi) is 6.07. The average molecular weight is 247 g/mol. The number of nitrogens with zero attached hydrogens (tertiary/aromatic N) is 2. The van der Waals surface area contributed by atoms with E-state index in [1.165, 1.54) is 12.4 Å². The van der Waals surface area contributed by atoms with Crippen LogP contribution in [0.1, 0.15) is 32.1 Å². The Morgan fingerprint density at radius 3 is 2.94 bits per heavy atom. The van der Waals surface area contributed by atoms with Gasteiger partial charge in [-0.05, 0) is 25.3 Å². The number of aromatic nitrogens is 2. The second-order valence-corrected chi connectivity index (χ2v) is 4.14. The second kappa shape index (κ2) is 7.34. The van der Waals surface area contributed by atoms with Crippen molar-refractivity contribution < 1.29 is 13.9 Å². The van der Waals surface area contributed by atoms with Crippen molar-refractivity contribution in [2.45, 2.75) is 32.9 Å². The van der Waals surface area contributed by atoms with Crippen LogP contribution in [0, 0.1) is 5.92 Å². The molecule has 0 amide bonds. The number of hydrogen-bond donors (Lipinski definition) is 2. The van der Waals surface area contributed by atoms with Gasteiger partial charge in [0, 0.05) is 19.0 Å². The molecule has 4 nitrogen and oxygen atoms in total. The fourth-order valence-corrected chi connectivity index (χ4v) is 1.53. The van der Waals surface area contributed by atoms with Crippen molar-refractivity contribution in [3.63, 3.8) is 0 Å². The Bertz CT molecular complexity index is 317. The van der Waals surface area contributed by atoms with Gasteiger partial charge < -0.3 is 10.4 Å². The monoisotopic (exact) mass is 247 g/mol. The van der Waals surface area contributed by atoms with E-state index in [9.17, 15) is 8.78 Å². The predicted molar refractivity (Wildman–Crippen MR) is 60.7 cm³/mol. The fraction of sp³-hybridized carbons (Fsp3) is 0.727. The molecule has 0 bridgehead atoms. The van der Waals surface area contributed by atoms with Crippen molar-refractivity contribution in [1.29, 1.82) is 0 Å². The molecule has 2 N–H and O–H groups in total. The summed E-state index contributed by atoms with van der Waals surface area (Å²) in [5, 5.41) is 11.9. The maximum atomic E-state index is 12.5. The van der Waals surface area contributed by atoms with Gasteiger partial charge in [-0.15, -0.1) is 0 Å². The lowest BCUT2D eigenvalue weighted by molar-refractivity contribution is 0.0666. The predicted octanol–water partition coefficient (Wildman–Crippen LogP) is 1.78. The van der Waals surface area contributed by atoms with Crippen LogP contribution in [0.5, 0.6) is 0 Å². The smallest absolute Gasteiger partial charge is 0.319 e. The van der Waals surface area contributed by atoms with E-state index in [0.717, 1.165) is 24.0 Å². The molecular formula is C11H19F2N3O. The van der Waals surface area contributed by atoms with Crippen molar-refractivity contribution in [1.82, 2.24) is 14.9 Å². The average Bonchev–Trinajstić information content (AvgIpc) is 2.76. The van der Waals surface area contributed by atoms with Crippen LogP contribution in [0.15, 0.2) is 12.4 Å². The van der Waals surface area contributed by atoms with Crippen LogP contribution in [0.4, 0.5) is 8.78 Å². The standard InChI is InChI=1S/C11H19F2N3O/c1-9(8-17)3-2-4-14-7-10-15-5-6-16(10)11(12)13/h5-6,9,11,14,17H,2-4,7-8H2,1H3. The molecule has 0 aliphatic heterocycles. The highest BCUT2D eigenvalue weighted by molar-refractivity contribution is 4.92. The number of alkyl halides is 2. The second-order valence-electron chi connectivity index (χ2n) is 4.14. The van der Waals surface area contributed by atoms with Gasteiger partial charge in [-0.1, -0.05) is 6.92 Å². The van der Waals surface area contributed by atoms with Crippen molar-refractivity contribution in [3.05, 3.63) is 18.2 Å². The number of imidazole rings is 1. The fourth-order valence-electron chi connectivity index (χ4n) is 1.53. The highest BCUT2D eigenvalue weighted by atomic mass is 19.3. The molecule has 0 spiro atoms.